The van der Waals surface area contributed by atoms with Crippen LogP contribution in [0.4, 0.5) is 14.6 Å². The molecule has 3 aromatic rings. The van der Waals surface area contributed by atoms with Gasteiger partial charge in [-0.15, -0.1) is 0 Å². The number of aliphatic hydroxyl groups is 1. The predicted octanol–water partition coefficient (Wildman–Crippen LogP) is 2.96. The zero-order valence-corrected chi connectivity index (χ0v) is 24.5. The van der Waals surface area contributed by atoms with Gasteiger partial charge in [0.25, 0.3) is 5.85 Å². The van der Waals surface area contributed by atoms with Gasteiger partial charge in [-0.05, 0) is 44.7 Å². The molecule has 0 unspecified atom stereocenters. The van der Waals surface area contributed by atoms with E-state index in [9.17, 15) is 9.90 Å². The minimum atomic E-state index is -3.69. The summed E-state index contributed by atoms with van der Waals surface area (Å²) in [5.74, 6) is -2.62. The summed E-state index contributed by atoms with van der Waals surface area (Å²) in [4.78, 5) is 26.7. The average Bonchev–Trinajstić information content (AvgIpc) is 3.39. The Morgan fingerprint density at radius 2 is 2.00 bits per heavy atom. The van der Waals surface area contributed by atoms with Crippen LogP contribution >= 0.6 is 6.64 Å². The van der Waals surface area contributed by atoms with Crippen molar-refractivity contribution in [1.29, 1.82) is 0 Å². The van der Waals surface area contributed by atoms with Crippen LogP contribution < -0.4 is 14.5 Å². The Bertz CT molecular complexity index is 1430. The summed E-state index contributed by atoms with van der Waals surface area (Å²) in [6, 6.07) is 7.30. The fourth-order valence-electron chi connectivity index (χ4n) is 4.20. The number of methoxy groups -OCH3 is 1. The predicted molar refractivity (Wildman–Crippen MR) is 146 cm³/mol. The average molecular weight is 601 g/mol. The van der Waals surface area contributed by atoms with E-state index in [1.165, 1.54) is 24.9 Å². The number of aromatic nitrogens is 4. The summed E-state index contributed by atoms with van der Waals surface area (Å²) in [5, 5.41) is 13.6. The number of alkyl halides is 2. The maximum Gasteiger partial charge on any atom is 0.323 e. The van der Waals surface area contributed by atoms with Crippen LogP contribution in [0, 0.1) is 6.92 Å². The van der Waals surface area contributed by atoms with E-state index in [1.54, 1.807) is 56.3 Å². The van der Waals surface area contributed by atoms with Gasteiger partial charge in [0.2, 0.25) is 0 Å². The number of carbonyl (C=O) groups is 1. The minimum Gasteiger partial charge on any atom is -0.468 e. The van der Waals surface area contributed by atoms with Crippen molar-refractivity contribution in [3.8, 4) is 5.75 Å². The topological polar surface area (TPSA) is 133 Å². The zero-order chi connectivity index (χ0) is 29.5. The summed E-state index contributed by atoms with van der Waals surface area (Å²) in [6.45, 7) is -0.601. The number of aliphatic hydroxyl groups excluding tert-OH is 1. The number of esters is 1. The van der Waals surface area contributed by atoms with E-state index >= 15 is 8.78 Å². The molecule has 1 aromatic carbocycles. The highest BCUT2D eigenvalue weighted by molar-refractivity contribution is 8.09. The highest BCUT2D eigenvalue weighted by Crippen LogP contribution is 2.52. The lowest BCUT2D eigenvalue weighted by Gasteiger charge is -2.30. The van der Waals surface area contributed by atoms with Gasteiger partial charge in [0.1, 0.15) is 24.2 Å². The van der Waals surface area contributed by atoms with Gasteiger partial charge in [0, 0.05) is 14.1 Å². The van der Waals surface area contributed by atoms with E-state index < -0.39 is 49.1 Å². The Balaban J connectivity index is 1.64. The first-order chi connectivity index (χ1) is 18.7. The Morgan fingerprint density at radius 3 is 2.62 bits per heavy atom. The van der Waals surface area contributed by atoms with Crippen LogP contribution in [0.15, 0.2) is 36.7 Å². The maximum atomic E-state index is 16.2. The van der Waals surface area contributed by atoms with Crippen molar-refractivity contribution in [2.24, 2.45) is 0 Å². The van der Waals surface area contributed by atoms with Gasteiger partial charge in [0.05, 0.1) is 13.4 Å². The van der Waals surface area contributed by atoms with Crippen molar-refractivity contribution in [1.82, 2.24) is 24.6 Å². The molecule has 0 spiro atoms. The number of carbonyl (C=O) groups excluding carboxylic acids is 1. The summed E-state index contributed by atoms with van der Waals surface area (Å²) >= 11 is 5.55. The number of hydrogen-bond acceptors (Lipinski definition) is 11. The van der Waals surface area contributed by atoms with Gasteiger partial charge in [-0.3, -0.25) is 9.36 Å². The number of hydrogen-bond donors (Lipinski definition) is 2. The molecular weight excluding hydrogens is 569 g/mol. The first-order valence-electron chi connectivity index (χ1n) is 12.2. The van der Waals surface area contributed by atoms with E-state index in [0.29, 0.717) is 17.2 Å². The van der Waals surface area contributed by atoms with E-state index in [-0.39, 0.29) is 11.4 Å². The number of ether oxygens (including phenoxy) is 2. The molecule has 1 fully saturated rings. The largest absolute Gasteiger partial charge is 0.468 e. The number of nitrogens with one attached hydrogen (secondary N) is 1. The second kappa shape index (κ2) is 11.2. The van der Waals surface area contributed by atoms with Crippen molar-refractivity contribution in [2.75, 3.05) is 32.7 Å². The van der Waals surface area contributed by atoms with Gasteiger partial charge in [-0.1, -0.05) is 18.2 Å². The number of benzene rings is 1. The molecule has 40 heavy (non-hydrogen) atoms. The molecule has 16 heteroatoms. The van der Waals surface area contributed by atoms with Gasteiger partial charge in [0.15, 0.2) is 35.0 Å². The molecule has 3 heterocycles. The number of anilines is 1. The number of fused-ring (bicyclic) bond motifs is 1. The number of rotatable bonds is 10. The molecule has 0 radical (unpaired) electrons. The first-order valence-corrected chi connectivity index (χ1v) is 14.8. The maximum absolute atomic E-state index is 16.2. The molecule has 0 bridgehead atoms. The minimum absolute atomic E-state index is 0.188. The van der Waals surface area contributed by atoms with Crippen LogP contribution in [-0.4, -0.2) is 82.1 Å². The Hall–Kier alpha value is -2.81. The molecule has 218 valence electrons. The van der Waals surface area contributed by atoms with Crippen molar-refractivity contribution in [3.05, 3.63) is 42.5 Å². The van der Waals surface area contributed by atoms with E-state index in [4.69, 9.17) is 30.3 Å². The summed E-state index contributed by atoms with van der Waals surface area (Å²) in [5.41, 5.74) is -2.13. The number of imidazole rings is 1. The van der Waals surface area contributed by atoms with E-state index in [2.05, 4.69) is 20.0 Å². The highest BCUT2D eigenvalue weighted by atomic mass is 32.5. The molecule has 1 saturated heterocycles. The molecule has 12 nitrogen and oxygen atoms in total. The van der Waals surface area contributed by atoms with Crippen molar-refractivity contribution >= 4 is 41.4 Å². The fourth-order valence-corrected chi connectivity index (χ4v) is 6.60. The third kappa shape index (κ3) is 5.80. The van der Waals surface area contributed by atoms with Crippen molar-refractivity contribution in [2.45, 2.75) is 50.7 Å². The molecule has 1 aliphatic rings. The normalized spacial score (nSPS) is 26.8. The molecule has 0 amide bonds. The fraction of sp³-hybridized carbons (Fsp3) is 0.500. The van der Waals surface area contributed by atoms with Crippen molar-refractivity contribution < 1.29 is 37.2 Å². The number of halogens is 2. The summed E-state index contributed by atoms with van der Waals surface area (Å²) in [6.07, 6.45) is -2.74. The second-order valence-electron chi connectivity index (χ2n) is 9.67. The third-order valence-corrected chi connectivity index (χ3v) is 8.71. The smallest absolute Gasteiger partial charge is 0.323 e. The van der Waals surface area contributed by atoms with Gasteiger partial charge in [-0.25, -0.2) is 28.8 Å². The van der Waals surface area contributed by atoms with E-state index in [0.717, 1.165) is 6.92 Å². The zero-order valence-electron chi connectivity index (χ0n) is 22.7. The summed E-state index contributed by atoms with van der Waals surface area (Å²) < 4.78 is 55.2. The second-order valence-corrected chi connectivity index (χ2v) is 12.8. The Kier molecular flexibility index (Phi) is 8.46. The van der Waals surface area contributed by atoms with Crippen LogP contribution in [0.3, 0.4) is 0 Å². The number of aryl methyl sites for hydroxylation is 1. The monoisotopic (exact) mass is 600 g/mol. The first kappa shape index (κ1) is 30.2. The molecule has 6 atom stereocenters. The highest BCUT2D eigenvalue weighted by Gasteiger charge is 2.65. The van der Waals surface area contributed by atoms with Gasteiger partial charge in [-0.2, -0.15) is 0 Å². The van der Waals surface area contributed by atoms with Crippen LogP contribution in [-0.2, 0) is 30.6 Å². The lowest BCUT2D eigenvalue weighted by Crippen LogP contribution is -2.47. The Labute approximate surface area is 234 Å². The third-order valence-electron chi connectivity index (χ3n) is 6.23. The molecule has 4 rings (SSSR count). The number of para-hydroxylation sites is 1. The van der Waals surface area contributed by atoms with Crippen LogP contribution in [0.1, 0.15) is 25.9 Å². The number of nitrogens with zero attached hydrogens (tertiary/aromatic N) is 5. The molecule has 0 aliphatic carbocycles. The van der Waals surface area contributed by atoms with Crippen LogP contribution in [0.5, 0.6) is 5.75 Å². The Morgan fingerprint density at radius 1 is 1.32 bits per heavy atom. The SMILES string of the molecule is COC(=O)[C@H](C)N[P@@](=S)(OC[C@@]1(F)O[C@@H](n2cnc3c(N(C)C)nc(C)nc32)[C@](C)(F)[C@@H]1O)Oc1ccccc1. The lowest BCUT2D eigenvalue weighted by atomic mass is 9.97. The van der Waals surface area contributed by atoms with Gasteiger partial charge >= 0.3 is 12.6 Å². The van der Waals surface area contributed by atoms with Crippen LogP contribution in [0.2, 0.25) is 0 Å². The molecule has 1 aliphatic heterocycles. The molecule has 0 saturated carbocycles. The lowest BCUT2D eigenvalue weighted by molar-refractivity contribution is -0.202. The van der Waals surface area contributed by atoms with E-state index in [1.807, 2.05) is 0 Å². The van der Waals surface area contributed by atoms with Crippen LogP contribution in [0.25, 0.3) is 11.2 Å². The summed E-state index contributed by atoms with van der Waals surface area (Å²) in [7, 11) is 4.71. The van der Waals surface area contributed by atoms with Crippen molar-refractivity contribution in [3.63, 3.8) is 0 Å². The standard InChI is InChI=1S/C24H31F2N6O6PS/c1-14(20(33)35-6)30-39(40,38-16-10-8-7-9-11-16)36-12-24(26)21(34)23(3,25)22(37-24)32-13-27-17-18(31(4)5)28-15(2)29-19(17)32/h7-11,13-14,21-22,34H,12H2,1-6H3,(H,30,40)/t14-,21-,22+,23+,24+,39+/m0/s1. The van der Waals surface area contributed by atoms with Gasteiger partial charge < -0.3 is 28.5 Å². The molecule has 2 N–H and O–H groups in total. The quantitative estimate of drug-likeness (QED) is 0.262. The molecule has 2 aromatic heterocycles. The molecular formula is C24H31F2N6O6PS.